The first-order valence-electron chi connectivity index (χ1n) is 3.55. The predicted molar refractivity (Wildman–Crippen MR) is 45.8 cm³/mol. The molecular formula is C5H6N6O2S. The topological polar surface area (TPSA) is 116 Å². The molecule has 0 atom stereocenters. The molecule has 2 aromatic heterocycles. The van der Waals surface area contributed by atoms with Crippen molar-refractivity contribution in [3.8, 4) is 0 Å². The number of nitrogens with zero attached hydrogens (tertiary/aromatic N) is 3. The summed E-state index contributed by atoms with van der Waals surface area (Å²) in [6.07, 6.45) is 3.66. The van der Waals surface area contributed by atoms with Crippen molar-refractivity contribution in [2.24, 2.45) is 0 Å². The Morgan fingerprint density at radius 3 is 2.79 bits per heavy atom. The van der Waals surface area contributed by atoms with E-state index in [1.54, 1.807) is 0 Å². The van der Waals surface area contributed by atoms with E-state index in [1.807, 2.05) is 0 Å². The zero-order chi connectivity index (χ0) is 10.0. The molecule has 2 heterocycles. The van der Waals surface area contributed by atoms with Crippen LogP contribution in [0.1, 0.15) is 0 Å². The van der Waals surface area contributed by atoms with Crippen LogP contribution in [0.4, 0.5) is 5.95 Å². The summed E-state index contributed by atoms with van der Waals surface area (Å²) in [7, 11) is -3.62. The van der Waals surface area contributed by atoms with Crippen LogP contribution in [-0.2, 0) is 10.0 Å². The van der Waals surface area contributed by atoms with Gasteiger partial charge < -0.3 is 0 Å². The molecule has 0 aromatic carbocycles. The monoisotopic (exact) mass is 214 g/mol. The molecule has 0 fully saturated rings. The van der Waals surface area contributed by atoms with Gasteiger partial charge >= 0.3 is 0 Å². The second kappa shape index (κ2) is 3.10. The zero-order valence-corrected chi connectivity index (χ0v) is 7.61. The SMILES string of the molecule is O=S(=O)(Nc1ncn[nH]1)c1cn[nH]c1. The van der Waals surface area contributed by atoms with Crippen molar-refractivity contribution in [2.45, 2.75) is 4.90 Å². The molecule has 0 saturated heterocycles. The average molecular weight is 214 g/mol. The summed E-state index contributed by atoms with van der Waals surface area (Å²) in [5, 5.41) is 11.8. The van der Waals surface area contributed by atoms with E-state index in [9.17, 15) is 8.42 Å². The van der Waals surface area contributed by atoms with Gasteiger partial charge in [0, 0.05) is 6.20 Å². The second-order valence-electron chi connectivity index (χ2n) is 2.37. The second-order valence-corrected chi connectivity index (χ2v) is 4.06. The van der Waals surface area contributed by atoms with E-state index in [0.717, 1.165) is 0 Å². The fraction of sp³-hybridized carbons (Fsp3) is 0. The lowest BCUT2D eigenvalue weighted by Gasteiger charge is -2.00. The fourth-order valence-electron chi connectivity index (χ4n) is 0.827. The predicted octanol–water partition coefficient (Wildman–Crippen LogP) is -0.671. The number of nitrogens with one attached hydrogen (secondary N) is 3. The molecule has 14 heavy (non-hydrogen) atoms. The Bertz CT molecular complexity index is 486. The van der Waals surface area contributed by atoms with Crippen LogP contribution in [0, 0.1) is 0 Å². The molecule has 8 nitrogen and oxygen atoms in total. The lowest BCUT2D eigenvalue weighted by molar-refractivity contribution is 0.601. The van der Waals surface area contributed by atoms with E-state index < -0.39 is 10.0 Å². The van der Waals surface area contributed by atoms with Crippen molar-refractivity contribution >= 4 is 16.0 Å². The molecule has 0 spiro atoms. The molecule has 3 N–H and O–H groups in total. The third-order valence-corrected chi connectivity index (χ3v) is 2.74. The maximum Gasteiger partial charge on any atom is 0.267 e. The summed E-state index contributed by atoms with van der Waals surface area (Å²) in [4.78, 5) is 3.66. The van der Waals surface area contributed by atoms with E-state index >= 15 is 0 Å². The summed E-state index contributed by atoms with van der Waals surface area (Å²) in [6.45, 7) is 0. The zero-order valence-electron chi connectivity index (χ0n) is 6.80. The molecule has 2 rings (SSSR count). The Balaban J connectivity index is 2.27. The molecule has 0 aliphatic rings. The number of rotatable bonds is 3. The molecule has 0 radical (unpaired) electrons. The van der Waals surface area contributed by atoms with Crippen molar-refractivity contribution in [3.63, 3.8) is 0 Å². The van der Waals surface area contributed by atoms with Gasteiger partial charge in [-0.3, -0.25) is 5.10 Å². The molecule has 0 bridgehead atoms. The number of aromatic nitrogens is 5. The molecular weight excluding hydrogens is 208 g/mol. The number of hydrogen-bond donors (Lipinski definition) is 3. The van der Waals surface area contributed by atoms with E-state index in [1.165, 1.54) is 18.7 Å². The van der Waals surface area contributed by atoms with Gasteiger partial charge in [0.05, 0.1) is 6.20 Å². The number of anilines is 1. The fourth-order valence-corrected chi connectivity index (χ4v) is 1.70. The van der Waals surface area contributed by atoms with Crippen LogP contribution in [0.3, 0.4) is 0 Å². The van der Waals surface area contributed by atoms with E-state index in [0.29, 0.717) is 0 Å². The average Bonchev–Trinajstić information content (AvgIpc) is 2.71. The van der Waals surface area contributed by atoms with Crippen molar-refractivity contribution < 1.29 is 8.42 Å². The van der Waals surface area contributed by atoms with Crippen LogP contribution in [0.15, 0.2) is 23.6 Å². The van der Waals surface area contributed by atoms with Gasteiger partial charge in [-0.05, 0) is 0 Å². The van der Waals surface area contributed by atoms with Crippen molar-refractivity contribution in [3.05, 3.63) is 18.7 Å². The smallest absolute Gasteiger partial charge is 0.267 e. The first-order valence-corrected chi connectivity index (χ1v) is 5.04. The molecule has 0 saturated carbocycles. The van der Waals surface area contributed by atoms with Gasteiger partial charge in [-0.15, -0.1) is 0 Å². The highest BCUT2D eigenvalue weighted by atomic mass is 32.2. The van der Waals surface area contributed by atoms with E-state index in [4.69, 9.17) is 0 Å². The summed E-state index contributed by atoms with van der Waals surface area (Å²) in [6, 6.07) is 0. The normalized spacial score (nSPS) is 11.4. The Hall–Kier alpha value is -1.90. The van der Waals surface area contributed by atoms with Crippen molar-refractivity contribution in [2.75, 3.05) is 4.72 Å². The maximum absolute atomic E-state index is 11.5. The number of sulfonamides is 1. The minimum Gasteiger partial charge on any atom is -0.284 e. The Morgan fingerprint density at radius 2 is 2.21 bits per heavy atom. The Morgan fingerprint density at radius 1 is 1.36 bits per heavy atom. The van der Waals surface area contributed by atoms with Gasteiger partial charge in [0.15, 0.2) is 0 Å². The third kappa shape index (κ3) is 1.57. The summed E-state index contributed by atoms with van der Waals surface area (Å²) >= 11 is 0. The van der Waals surface area contributed by atoms with Gasteiger partial charge in [-0.25, -0.2) is 18.2 Å². The number of aromatic amines is 2. The molecule has 2 aromatic rings. The summed E-state index contributed by atoms with van der Waals surface area (Å²) in [5.41, 5.74) is 0. The number of H-pyrrole nitrogens is 2. The van der Waals surface area contributed by atoms with Crippen LogP contribution in [0.25, 0.3) is 0 Å². The largest absolute Gasteiger partial charge is 0.284 e. The number of hydrogen-bond acceptors (Lipinski definition) is 5. The van der Waals surface area contributed by atoms with E-state index in [2.05, 4.69) is 30.1 Å². The van der Waals surface area contributed by atoms with Crippen LogP contribution in [-0.4, -0.2) is 33.8 Å². The molecule has 74 valence electrons. The minimum absolute atomic E-state index is 0.0360. The maximum atomic E-state index is 11.5. The summed E-state index contributed by atoms with van der Waals surface area (Å²) < 4.78 is 25.2. The standard InChI is InChI=1S/C5H6N6O2S/c12-14(13,4-1-7-8-2-4)11-5-6-3-9-10-5/h1-3H,(H,7,8)(H2,6,9,10,11). The molecule has 0 aliphatic heterocycles. The highest BCUT2D eigenvalue weighted by Crippen LogP contribution is 2.09. The van der Waals surface area contributed by atoms with E-state index in [-0.39, 0.29) is 10.8 Å². The first kappa shape index (κ1) is 8.69. The molecule has 0 unspecified atom stereocenters. The Labute approximate surface area is 78.8 Å². The highest BCUT2D eigenvalue weighted by molar-refractivity contribution is 7.92. The van der Waals surface area contributed by atoms with Gasteiger partial charge in [-0.2, -0.15) is 15.2 Å². The van der Waals surface area contributed by atoms with Gasteiger partial charge in [0.25, 0.3) is 10.0 Å². The van der Waals surface area contributed by atoms with Gasteiger partial charge in [0.2, 0.25) is 5.95 Å². The summed E-state index contributed by atoms with van der Waals surface area (Å²) in [5.74, 6) is 0.0613. The minimum atomic E-state index is -3.62. The third-order valence-electron chi connectivity index (χ3n) is 1.43. The Kier molecular flexibility index (Phi) is 1.93. The lowest BCUT2D eigenvalue weighted by atomic mass is 10.7. The van der Waals surface area contributed by atoms with Crippen molar-refractivity contribution in [1.29, 1.82) is 0 Å². The quantitative estimate of drug-likeness (QED) is 0.626. The van der Waals surface area contributed by atoms with Crippen LogP contribution in [0.5, 0.6) is 0 Å². The van der Waals surface area contributed by atoms with Gasteiger partial charge in [-0.1, -0.05) is 0 Å². The highest BCUT2D eigenvalue weighted by Gasteiger charge is 2.16. The van der Waals surface area contributed by atoms with Crippen LogP contribution < -0.4 is 4.72 Å². The molecule has 0 amide bonds. The molecule has 0 aliphatic carbocycles. The van der Waals surface area contributed by atoms with Gasteiger partial charge in [0.1, 0.15) is 11.2 Å². The van der Waals surface area contributed by atoms with Crippen LogP contribution >= 0.6 is 0 Å². The first-order chi connectivity index (χ1) is 6.68. The molecule has 9 heteroatoms. The van der Waals surface area contributed by atoms with Crippen molar-refractivity contribution in [1.82, 2.24) is 25.4 Å². The lowest BCUT2D eigenvalue weighted by Crippen LogP contribution is -2.13. The van der Waals surface area contributed by atoms with Crippen LogP contribution in [0.2, 0.25) is 0 Å².